The van der Waals surface area contributed by atoms with Gasteiger partial charge in [-0.1, -0.05) is 5.92 Å². The zero-order chi connectivity index (χ0) is 10.3. The van der Waals surface area contributed by atoms with E-state index < -0.39 is 0 Å². The van der Waals surface area contributed by atoms with E-state index in [2.05, 4.69) is 15.8 Å². The molecule has 0 bridgehead atoms. The van der Waals surface area contributed by atoms with Gasteiger partial charge in [-0.2, -0.15) is 4.98 Å². The highest BCUT2D eigenvalue weighted by Crippen LogP contribution is 2.25. The highest BCUT2D eigenvalue weighted by atomic mass is 16.4. The molecule has 0 N–H and O–H groups in total. The zero-order valence-electron chi connectivity index (χ0n) is 8.23. The summed E-state index contributed by atoms with van der Waals surface area (Å²) in [4.78, 5) is 6.53. The predicted octanol–water partition coefficient (Wildman–Crippen LogP) is 2.02. The van der Waals surface area contributed by atoms with Gasteiger partial charge in [0.2, 0.25) is 0 Å². The number of nitrogens with zero attached hydrogens (tertiary/aromatic N) is 2. The van der Waals surface area contributed by atoms with Gasteiger partial charge in [-0.3, -0.25) is 0 Å². The van der Waals surface area contributed by atoms with Crippen LogP contribution in [0.5, 0.6) is 0 Å². The fourth-order valence-corrected chi connectivity index (χ4v) is 1.65. The first-order valence-electron chi connectivity index (χ1n) is 4.99. The van der Waals surface area contributed by atoms with Crippen LogP contribution in [-0.2, 0) is 0 Å². The maximum atomic E-state index is 5.62. The van der Waals surface area contributed by atoms with Crippen LogP contribution in [0.4, 0.5) is 6.01 Å². The number of rotatable bonds is 1. The molecule has 74 valence electrons. The van der Waals surface area contributed by atoms with Crippen LogP contribution in [-0.4, -0.2) is 18.1 Å². The molecule has 1 fully saturated rings. The summed E-state index contributed by atoms with van der Waals surface area (Å²) in [5.74, 6) is 2.59. The van der Waals surface area contributed by atoms with Crippen LogP contribution in [0.15, 0.2) is 22.6 Å². The fourth-order valence-electron chi connectivity index (χ4n) is 1.65. The minimum absolute atomic E-state index is 0.713. The van der Waals surface area contributed by atoms with Gasteiger partial charge in [-0.15, -0.1) is 6.42 Å². The lowest BCUT2D eigenvalue weighted by atomic mass is 10.2. The minimum Gasteiger partial charge on any atom is -0.423 e. The second kappa shape index (κ2) is 3.03. The molecule has 0 spiro atoms. The van der Waals surface area contributed by atoms with Crippen molar-refractivity contribution in [3.05, 3.63) is 23.8 Å². The van der Waals surface area contributed by atoms with Crippen LogP contribution in [0, 0.1) is 12.3 Å². The van der Waals surface area contributed by atoms with Gasteiger partial charge in [-0.25, -0.2) is 0 Å². The lowest BCUT2D eigenvalue weighted by molar-refractivity contribution is 0.510. The lowest BCUT2D eigenvalue weighted by Crippen LogP contribution is -2.37. The Morgan fingerprint density at radius 2 is 2.27 bits per heavy atom. The Hall–Kier alpha value is -1.95. The van der Waals surface area contributed by atoms with Crippen molar-refractivity contribution in [2.24, 2.45) is 0 Å². The molecule has 3 heteroatoms. The van der Waals surface area contributed by atoms with Crippen molar-refractivity contribution in [1.29, 1.82) is 0 Å². The van der Waals surface area contributed by atoms with Crippen molar-refractivity contribution in [2.45, 2.75) is 6.42 Å². The number of oxazole rings is 1. The van der Waals surface area contributed by atoms with Crippen LogP contribution in [0.25, 0.3) is 11.1 Å². The molecule has 15 heavy (non-hydrogen) atoms. The van der Waals surface area contributed by atoms with E-state index in [1.165, 1.54) is 6.42 Å². The highest BCUT2D eigenvalue weighted by Gasteiger charge is 2.19. The average molecular weight is 198 g/mol. The van der Waals surface area contributed by atoms with Crippen molar-refractivity contribution in [3.8, 4) is 12.3 Å². The van der Waals surface area contributed by atoms with E-state index in [1.807, 2.05) is 18.2 Å². The van der Waals surface area contributed by atoms with E-state index in [-0.39, 0.29) is 0 Å². The first-order chi connectivity index (χ1) is 7.36. The Kier molecular flexibility index (Phi) is 1.69. The summed E-state index contributed by atoms with van der Waals surface area (Å²) >= 11 is 0. The van der Waals surface area contributed by atoms with E-state index in [0.717, 1.165) is 29.8 Å². The summed E-state index contributed by atoms with van der Waals surface area (Å²) in [5.41, 5.74) is 2.48. The molecule has 0 unspecified atom stereocenters. The first-order valence-corrected chi connectivity index (χ1v) is 4.99. The van der Waals surface area contributed by atoms with Crippen LogP contribution < -0.4 is 4.90 Å². The van der Waals surface area contributed by atoms with Gasteiger partial charge >= 0.3 is 0 Å². The van der Waals surface area contributed by atoms with Crippen molar-refractivity contribution in [2.75, 3.05) is 18.0 Å². The Bertz CT molecular complexity index is 546. The summed E-state index contributed by atoms with van der Waals surface area (Å²) in [7, 11) is 0. The molecule has 2 aromatic rings. The molecule has 1 aromatic carbocycles. The molecule has 1 aliphatic heterocycles. The SMILES string of the molecule is C#Cc1ccc2oc(N3CCC3)nc2c1. The van der Waals surface area contributed by atoms with E-state index in [4.69, 9.17) is 10.8 Å². The van der Waals surface area contributed by atoms with Crippen LogP contribution in [0.2, 0.25) is 0 Å². The maximum Gasteiger partial charge on any atom is 0.298 e. The number of terminal acetylenes is 1. The summed E-state index contributed by atoms with van der Waals surface area (Å²) in [6.45, 7) is 2.07. The molecule has 1 aromatic heterocycles. The maximum absolute atomic E-state index is 5.62. The molecule has 3 rings (SSSR count). The molecular formula is C12H10N2O. The van der Waals surface area contributed by atoms with Gasteiger partial charge in [0.05, 0.1) is 0 Å². The number of hydrogen-bond donors (Lipinski definition) is 0. The highest BCUT2D eigenvalue weighted by molar-refractivity contribution is 5.76. The van der Waals surface area contributed by atoms with Gasteiger partial charge in [0.25, 0.3) is 6.01 Å². The first kappa shape index (κ1) is 8.37. The molecule has 3 nitrogen and oxygen atoms in total. The Morgan fingerprint density at radius 3 is 2.93 bits per heavy atom. The van der Waals surface area contributed by atoms with Crippen molar-refractivity contribution < 1.29 is 4.42 Å². The Balaban J connectivity index is 2.09. The summed E-state index contributed by atoms with van der Waals surface area (Å²) in [6.07, 6.45) is 6.54. The van der Waals surface area contributed by atoms with Gasteiger partial charge in [0, 0.05) is 18.7 Å². The number of hydrogen-bond acceptors (Lipinski definition) is 3. The predicted molar refractivity (Wildman–Crippen MR) is 58.8 cm³/mol. The molecule has 1 aliphatic rings. The monoisotopic (exact) mass is 198 g/mol. The summed E-state index contributed by atoms with van der Waals surface area (Å²) in [6, 6.07) is 6.33. The van der Waals surface area contributed by atoms with E-state index in [1.54, 1.807) is 0 Å². The molecule has 1 saturated heterocycles. The van der Waals surface area contributed by atoms with Crippen molar-refractivity contribution >= 4 is 17.1 Å². The third-order valence-corrected chi connectivity index (χ3v) is 2.67. The molecule has 2 heterocycles. The smallest absolute Gasteiger partial charge is 0.298 e. The Labute approximate surface area is 87.7 Å². The van der Waals surface area contributed by atoms with Gasteiger partial charge in [0.15, 0.2) is 5.58 Å². The molecule has 0 aliphatic carbocycles. The van der Waals surface area contributed by atoms with Crippen LogP contribution in [0.1, 0.15) is 12.0 Å². The minimum atomic E-state index is 0.713. The Morgan fingerprint density at radius 1 is 1.40 bits per heavy atom. The van der Waals surface area contributed by atoms with Crippen LogP contribution >= 0.6 is 0 Å². The number of anilines is 1. The quantitative estimate of drug-likeness (QED) is 0.656. The van der Waals surface area contributed by atoms with Crippen LogP contribution in [0.3, 0.4) is 0 Å². The normalized spacial score (nSPS) is 15.0. The second-order valence-corrected chi connectivity index (χ2v) is 3.66. The third kappa shape index (κ3) is 1.26. The van der Waals surface area contributed by atoms with E-state index in [0.29, 0.717) is 6.01 Å². The lowest BCUT2D eigenvalue weighted by Gasteiger charge is -2.28. The van der Waals surface area contributed by atoms with Gasteiger partial charge < -0.3 is 9.32 Å². The molecular weight excluding hydrogens is 188 g/mol. The molecule has 0 saturated carbocycles. The number of fused-ring (bicyclic) bond motifs is 1. The van der Waals surface area contributed by atoms with E-state index >= 15 is 0 Å². The van der Waals surface area contributed by atoms with Crippen molar-refractivity contribution in [3.63, 3.8) is 0 Å². The van der Waals surface area contributed by atoms with Gasteiger partial charge in [0.1, 0.15) is 5.52 Å². The largest absolute Gasteiger partial charge is 0.423 e. The third-order valence-electron chi connectivity index (χ3n) is 2.67. The fraction of sp³-hybridized carbons (Fsp3) is 0.250. The standard InChI is InChI=1S/C12H10N2O/c1-2-9-4-5-11-10(8-9)13-12(15-11)14-6-3-7-14/h1,4-5,8H,3,6-7H2. The molecule has 0 atom stereocenters. The summed E-state index contributed by atoms with van der Waals surface area (Å²) in [5, 5.41) is 0. The number of aromatic nitrogens is 1. The molecule has 0 amide bonds. The topological polar surface area (TPSA) is 29.3 Å². The molecule has 0 radical (unpaired) electrons. The number of benzene rings is 1. The van der Waals surface area contributed by atoms with E-state index in [9.17, 15) is 0 Å². The summed E-state index contributed by atoms with van der Waals surface area (Å²) < 4.78 is 5.62. The average Bonchev–Trinajstić information content (AvgIpc) is 2.56. The van der Waals surface area contributed by atoms with Crippen molar-refractivity contribution in [1.82, 2.24) is 4.98 Å². The second-order valence-electron chi connectivity index (χ2n) is 3.66. The van der Waals surface area contributed by atoms with Gasteiger partial charge in [-0.05, 0) is 24.6 Å². The zero-order valence-corrected chi connectivity index (χ0v) is 8.23.